The van der Waals surface area contributed by atoms with Gasteiger partial charge in [-0.1, -0.05) is 51.1 Å². The Kier molecular flexibility index (Phi) is 5.35. The van der Waals surface area contributed by atoms with E-state index in [2.05, 4.69) is 27.7 Å². The predicted octanol–water partition coefficient (Wildman–Crippen LogP) is 3.93. The lowest BCUT2D eigenvalue weighted by atomic mass is 9.83. The summed E-state index contributed by atoms with van der Waals surface area (Å²) in [7, 11) is 0. The highest BCUT2D eigenvalue weighted by Crippen LogP contribution is 2.40. The molecular weight excluding hydrogens is 290 g/mol. The minimum atomic E-state index is -0.616. The largest absolute Gasteiger partial charge is 0.438 e. The second kappa shape index (κ2) is 6.91. The summed E-state index contributed by atoms with van der Waals surface area (Å²) in [5.41, 5.74) is 0.413. The zero-order chi connectivity index (χ0) is 17.1. The van der Waals surface area contributed by atoms with Gasteiger partial charge < -0.3 is 14.7 Å². The van der Waals surface area contributed by atoms with Crippen LogP contribution in [0, 0.1) is 5.41 Å². The van der Waals surface area contributed by atoms with Crippen LogP contribution in [0.5, 0.6) is 0 Å². The van der Waals surface area contributed by atoms with Gasteiger partial charge in [-0.3, -0.25) is 0 Å². The Hall–Kier alpha value is -1.55. The minimum absolute atomic E-state index is 0.0108. The van der Waals surface area contributed by atoms with Gasteiger partial charge in [-0.15, -0.1) is 0 Å². The van der Waals surface area contributed by atoms with Crippen molar-refractivity contribution in [2.45, 2.75) is 58.6 Å². The van der Waals surface area contributed by atoms with E-state index in [-0.39, 0.29) is 24.2 Å². The fourth-order valence-corrected chi connectivity index (χ4v) is 3.12. The summed E-state index contributed by atoms with van der Waals surface area (Å²) < 4.78 is 5.97. The van der Waals surface area contributed by atoms with E-state index in [4.69, 9.17) is 4.74 Å². The van der Waals surface area contributed by atoms with Crippen molar-refractivity contribution in [3.8, 4) is 0 Å². The number of benzene rings is 1. The van der Waals surface area contributed by atoms with Gasteiger partial charge in [0.25, 0.3) is 0 Å². The van der Waals surface area contributed by atoms with Gasteiger partial charge in [-0.2, -0.15) is 0 Å². The highest BCUT2D eigenvalue weighted by molar-refractivity contribution is 5.70. The fourth-order valence-electron chi connectivity index (χ4n) is 3.12. The molecule has 4 heteroatoms. The molecule has 0 unspecified atom stereocenters. The van der Waals surface area contributed by atoms with Crippen molar-refractivity contribution in [2.75, 3.05) is 13.2 Å². The van der Waals surface area contributed by atoms with E-state index in [9.17, 15) is 9.90 Å². The summed E-state index contributed by atoms with van der Waals surface area (Å²) in [5.74, 6) is 0. The first-order chi connectivity index (χ1) is 10.8. The molecule has 1 saturated heterocycles. The topological polar surface area (TPSA) is 49.8 Å². The Morgan fingerprint density at radius 3 is 2.48 bits per heavy atom. The quantitative estimate of drug-likeness (QED) is 0.894. The van der Waals surface area contributed by atoms with Crippen molar-refractivity contribution >= 4 is 6.09 Å². The van der Waals surface area contributed by atoms with Crippen molar-refractivity contribution < 1.29 is 14.6 Å². The normalized spacial score (nSPS) is 23.5. The van der Waals surface area contributed by atoms with Gasteiger partial charge in [0.1, 0.15) is 5.60 Å². The fraction of sp³-hybridized carbons (Fsp3) is 0.632. The number of amides is 1. The van der Waals surface area contributed by atoms with Crippen LogP contribution in [0.3, 0.4) is 0 Å². The lowest BCUT2D eigenvalue weighted by molar-refractivity contribution is -0.0760. The molecule has 23 heavy (non-hydrogen) atoms. The number of aliphatic hydroxyl groups is 1. The third-order valence-electron chi connectivity index (χ3n) is 5.03. The van der Waals surface area contributed by atoms with E-state index in [1.807, 2.05) is 35.2 Å². The van der Waals surface area contributed by atoms with Crippen LogP contribution in [0.15, 0.2) is 30.3 Å². The molecule has 1 amide bonds. The summed E-state index contributed by atoms with van der Waals surface area (Å²) in [5, 5.41) is 9.22. The smallest absolute Gasteiger partial charge is 0.410 e. The monoisotopic (exact) mass is 319 g/mol. The highest BCUT2D eigenvalue weighted by atomic mass is 16.6. The second-order valence-electron chi connectivity index (χ2n) is 7.54. The molecule has 0 bridgehead atoms. The first-order valence-electron chi connectivity index (χ1n) is 8.46. The lowest BCUT2D eigenvalue weighted by Gasteiger charge is -2.46. The molecule has 1 N–H and O–H groups in total. The summed E-state index contributed by atoms with van der Waals surface area (Å²) in [6.07, 6.45) is 1.78. The third-order valence-corrected chi connectivity index (χ3v) is 5.03. The van der Waals surface area contributed by atoms with Crippen LogP contribution in [-0.2, 0) is 10.3 Å². The van der Waals surface area contributed by atoms with Crippen LogP contribution in [0.4, 0.5) is 4.79 Å². The van der Waals surface area contributed by atoms with Crippen LogP contribution >= 0.6 is 0 Å². The molecule has 1 fully saturated rings. The molecule has 1 aliphatic rings. The average molecular weight is 319 g/mol. The van der Waals surface area contributed by atoms with Gasteiger partial charge in [0.05, 0.1) is 0 Å². The summed E-state index contributed by atoms with van der Waals surface area (Å²) in [4.78, 5) is 14.5. The van der Waals surface area contributed by atoms with Crippen molar-refractivity contribution in [2.24, 2.45) is 5.41 Å². The third kappa shape index (κ3) is 3.86. The molecule has 4 nitrogen and oxygen atoms in total. The molecule has 1 aliphatic heterocycles. The number of hydrogen-bond acceptors (Lipinski definition) is 3. The van der Waals surface area contributed by atoms with Crippen molar-refractivity contribution in [3.63, 3.8) is 0 Å². The van der Waals surface area contributed by atoms with Crippen LogP contribution in [-0.4, -0.2) is 35.3 Å². The van der Waals surface area contributed by atoms with E-state index in [0.717, 1.165) is 12.0 Å². The number of aliphatic hydroxyl groups excluding tert-OH is 1. The van der Waals surface area contributed by atoms with Gasteiger partial charge in [0.2, 0.25) is 0 Å². The molecule has 0 radical (unpaired) electrons. The maximum atomic E-state index is 12.7. The van der Waals surface area contributed by atoms with Gasteiger partial charge in [-0.25, -0.2) is 4.79 Å². The van der Waals surface area contributed by atoms with Crippen molar-refractivity contribution in [1.29, 1.82) is 0 Å². The number of nitrogens with zero attached hydrogens (tertiary/aromatic N) is 1. The number of ether oxygens (including phenoxy) is 1. The number of hydrogen-bond donors (Lipinski definition) is 1. The van der Waals surface area contributed by atoms with Gasteiger partial charge in [0, 0.05) is 25.6 Å². The molecule has 1 aromatic carbocycles. The molecule has 0 spiro atoms. The van der Waals surface area contributed by atoms with E-state index in [0.29, 0.717) is 19.4 Å². The van der Waals surface area contributed by atoms with Crippen molar-refractivity contribution in [1.82, 2.24) is 4.90 Å². The SMILES string of the molecule is C[C@H](N1CC[C@@](CCCO)(c2ccccc2)OC1=O)C(C)(C)C. The Morgan fingerprint density at radius 2 is 1.96 bits per heavy atom. The molecule has 1 heterocycles. The summed E-state index contributed by atoms with van der Waals surface area (Å²) in [6, 6.07) is 10.0. The lowest BCUT2D eigenvalue weighted by Crippen LogP contribution is -2.54. The van der Waals surface area contributed by atoms with Crippen LogP contribution in [0.1, 0.15) is 52.5 Å². The van der Waals surface area contributed by atoms with Gasteiger partial charge in [-0.05, 0) is 30.7 Å². The van der Waals surface area contributed by atoms with E-state index >= 15 is 0 Å². The van der Waals surface area contributed by atoms with Crippen molar-refractivity contribution in [3.05, 3.63) is 35.9 Å². The summed E-state index contributed by atoms with van der Waals surface area (Å²) >= 11 is 0. The van der Waals surface area contributed by atoms with E-state index in [1.54, 1.807) is 0 Å². The van der Waals surface area contributed by atoms with Crippen LogP contribution < -0.4 is 0 Å². The molecule has 2 rings (SSSR count). The van der Waals surface area contributed by atoms with Crippen LogP contribution in [0.2, 0.25) is 0 Å². The van der Waals surface area contributed by atoms with E-state index in [1.165, 1.54) is 0 Å². The Morgan fingerprint density at radius 1 is 1.30 bits per heavy atom. The summed E-state index contributed by atoms with van der Waals surface area (Å²) in [6.45, 7) is 9.26. The standard InChI is InChI=1S/C19H29NO3/c1-15(18(2,3)4)20-13-12-19(11-8-14-21,23-17(20)22)16-9-6-5-7-10-16/h5-7,9-10,15,21H,8,11-14H2,1-4H3/t15-,19-/m0/s1. The first kappa shape index (κ1) is 17.8. The molecule has 128 valence electrons. The number of carbonyl (C=O) groups excluding carboxylic acids is 1. The maximum absolute atomic E-state index is 12.7. The predicted molar refractivity (Wildman–Crippen MR) is 91.2 cm³/mol. The molecule has 1 aromatic rings. The Labute approximate surface area is 139 Å². The minimum Gasteiger partial charge on any atom is -0.438 e. The number of rotatable bonds is 5. The Bertz CT molecular complexity index is 523. The van der Waals surface area contributed by atoms with Gasteiger partial charge >= 0.3 is 6.09 Å². The Balaban J connectivity index is 2.23. The van der Waals surface area contributed by atoms with Gasteiger partial charge in [0.15, 0.2) is 0 Å². The zero-order valence-electron chi connectivity index (χ0n) is 14.7. The number of cyclic esters (lactones) is 1. The first-order valence-corrected chi connectivity index (χ1v) is 8.46. The average Bonchev–Trinajstić information content (AvgIpc) is 2.52. The number of carbonyl (C=O) groups is 1. The second-order valence-corrected chi connectivity index (χ2v) is 7.54. The molecule has 0 aromatic heterocycles. The molecular formula is C19H29NO3. The maximum Gasteiger partial charge on any atom is 0.410 e. The molecule has 0 aliphatic carbocycles. The van der Waals surface area contributed by atoms with E-state index < -0.39 is 5.60 Å². The highest BCUT2D eigenvalue weighted by Gasteiger charge is 2.44. The zero-order valence-corrected chi connectivity index (χ0v) is 14.7. The molecule has 2 atom stereocenters. The van der Waals surface area contributed by atoms with Crippen LogP contribution in [0.25, 0.3) is 0 Å². The molecule has 0 saturated carbocycles.